The second-order valence-electron chi connectivity index (χ2n) is 6.22. The number of benzene rings is 2. The molecule has 0 unspecified atom stereocenters. The smallest absolute Gasteiger partial charge is 0.254 e. The van der Waals surface area contributed by atoms with E-state index in [0.29, 0.717) is 18.7 Å². The van der Waals surface area contributed by atoms with Gasteiger partial charge in [0.15, 0.2) is 0 Å². The molecule has 2 heterocycles. The minimum absolute atomic E-state index is 0.159. The van der Waals surface area contributed by atoms with Crippen molar-refractivity contribution < 1.29 is 4.79 Å². The molecule has 134 valence electrons. The lowest BCUT2D eigenvalue weighted by atomic mass is 10.2. The number of nitrogens with zero attached hydrogens (tertiary/aromatic N) is 4. The molecule has 2 aromatic carbocycles. The zero-order chi connectivity index (χ0) is 18.5. The van der Waals surface area contributed by atoms with Crippen LogP contribution in [0.15, 0.2) is 85.5 Å². The summed E-state index contributed by atoms with van der Waals surface area (Å²) in [6.45, 7) is 1.13. The Kier molecular flexibility index (Phi) is 4.78. The molecule has 1 N–H and O–H groups in total. The first-order valence-electron chi connectivity index (χ1n) is 8.71. The third-order valence-corrected chi connectivity index (χ3v) is 4.19. The molecule has 6 nitrogen and oxygen atoms in total. The molecule has 27 heavy (non-hydrogen) atoms. The van der Waals surface area contributed by atoms with E-state index in [-0.39, 0.29) is 5.91 Å². The van der Waals surface area contributed by atoms with Gasteiger partial charge in [-0.3, -0.25) is 9.48 Å². The van der Waals surface area contributed by atoms with Crippen LogP contribution in [0, 0.1) is 0 Å². The van der Waals surface area contributed by atoms with Crippen molar-refractivity contribution in [2.75, 3.05) is 0 Å². The van der Waals surface area contributed by atoms with Crippen LogP contribution in [0.2, 0.25) is 0 Å². The van der Waals surface area contributed by atoms with Gasteiger partial charge >= 0.3 is 0 Å². The molecule has 0 atom stereocenters. The minimum atomic E-state index is -0.159. The number of hydrogen-bond acceptors (Lipinski definition) is 3. The van der Waals surface area contributed by atoms with Crippen LogP contribution in [0.1, 0.15) is 21.5 Å². The highest BCUT2D eigenvalue weighted by Crippen LogP contribution is 2.08. The average Bonchev–Trinajstić information content (AvgIpc) is 3.37. The largest absolute Gasteiger partial charge is 0.348 e. The van der Waals surface area contributed by atoms with E-state index in [1.54, 1.807) is 23.3 Å². The number of para-hydroxylation sites is 1. The molecule has 4 rings (SSSR count). The summed E-state index contributed by atoms with van der Waals surface area (Å²) in [6.07, 6.45) is 7.02. The summed E-state index contributed by atoms with van der Waals surface area (Å²) >= 11 is 0. The van der Waals surface area contributed by atoms with Crippen molar-refractivity contribution >= 4 is 5.91 Å². The van der Waals surface area contributed by atoms with Crippen molar-refractivity contribution in [3.05, 3.63) is 102 Å². The Labute approximate surface area is 157 Å². The summed E-state index contributed by atoms with van der Waals surface area (Å²) < 4.78 is 3.55. The highest BCUT2D eigenvalue weighted by Gasteiger charge is 2.10. The molecule has 0 radical (unpaired) electrons. The summed E-state index contributed by atoms with van der Waals surface area (Å²) in [6, 6.07) is 19.8. The third kappa shape index (κ3) is 4.12. The Morgan fingerprint density at radius 2 is 1.59 bits per heavy atom. The number of aromatic nitrogens is 4. The van der Waals surface area contributed by atoms with Crippen molar-refractivity contribution in [3.8, 4) is 5.69 Å². The summed E-state index contributed by atoms with van der Waals surface area (Å²) in [4.78, 5) is 12.4. The van der Waals surface area contributed by atoms with E-state index in [4.69, 9.17) is 0 Å². The fourth-order valence-electron chi connectivity index (χ4n) is 2.80. The van der Waals surface area contributed by atoms with Gasteiger partial charge in [-0.1, -0.05) is 48.5 Å². The summed E-state index contributed by atoms with van der Waals surface area (Å²) in [7, 11) is 0. The Bertz CT molecular complexity index is 1020. The van der Waals surface area contributed by atoms with Gasteiger partial charge in [0.05, 0.1) is 30.2 Å². The van der Waals surface area contributed by atoms with Crippen molar-refractivity contribution in [1.82, 2.24) is 24.9 Å². The standard InChI is InChI=1S/C21H19N5O/c27-21(19-13-24-26(16-19)20-9-5-2-6-10-20)22-11-18-12-23-25(15-18)14-17-7-3-1-4-8-17/h1-10,12-13,15-16H,11,14H2,(H,22,27). The van der Waals surface area contributed by atoms with Crippen LogP contribution in [0.5, 0.6) is 0 Å². The van der Waals surface area contributed by atoms with E-state index >= 15 is 0 Å². The molecule has 0 saturated carbocycles. The van der Waals surface area contributed by atoms with Crippen LogP contribution >= 0.6 is 0 Å². The van der Waals surface area contributed by atoms with E-state index in [1.807, 2.05) is 59.4 Å². The van der Waals surface area contributed by atoms with Crippen molar-refractivity contribution in [2.24, 2.45) is 0 Å². The Balaban J connectivity index is 1.35. The first kappa shape index (κ1) is 16.8. The quantitative estimate of drug-likeness (QED) is 0.577. The van der Waals surface area contributed by atoms with E-state index in [0.717, 1.165) is 11.3 Å². The molecule has 2 aromatic heterocycles. The predicted molar refractivity (Wildman–Crippen MR) is 103 cm³/mol. The molecule has 0 saturated heterocycles. The molecule has 0 bridgehead atoms. The average molecular weight is 357 g/mol. The number of amides is 1. The third-order valence-electron chi connectivity index (χ3n) is 4.19. The van der Waals surface area contributed by atoms with Crippen molar-refractivity contribution in [1.29, 1.82) is 0 Å². The minimum Gasteiger partial charge on any atom is -0.348 e. The van der Waals surface area contributed by atoms with E-state index in [1.165, 1.54) is 5.56 Å². The second kappa shape index (κ2) is 7.70. The summed E-state index contributed by atoms with van der Waals surface area (Å²) in [5, 5.41) is 11.5. The van der Waals surface area contributed by atoms with Gasteiger partial charge in [-0.15, -0.1) is 0 Å². The van der Waals surface area contributed by atoms with Crippen molar-refractivity contribution in [2.45, 2.75) is 13.1 Å². The maximum atomic E-state index is 12.4. The first-order chi connectivity index (χ1) is 13.3. The Hall–Kier alpha value is -3.67. The number of carbonyl (C=O) groups is 1. The summed E-state index contributed by atoms with van der Waals surface area (Å²) in [5.41, 5.74) is 3.58. The lowest BCUT2D eigenvalue weighted by Crippen LogP contribution is -2.22. The SMILES string of the molecule is O=C(NCc1cnn(Cc2ccccc2)c1)c1cnn(-c2ccccc2)c1. The van der Waals surface area contributed by atoms with Gasteiger partial charge in [-0.05, 0) is 17.7 Å². The van der Waals surface area contributed by atoms with E-state index < -0.39 is 0 Å². The van der Waals surface area contributed by atoms with Gasteiger partial charge in [0.1, 0.15) is 0 Å². The molecular formula is C21H19N5O. The second-order valence-corrected chi connectivity index (χ2v) is 6.22. The normalized spacial score (nSPS) is 10.7. The monoisotopic (exact) mass is 357 g/mol. The lowest BCUT2D eigenvalue weighted by molar-refractivity contribution is 0.0951. The van der Waals surface area contributed by atoms with E-state index in [2.05, 4.69) is 27.6 Å². The molecule has 0 aliphatic carbocycles. The molecule has 1 amide bonds. The van der Waals surface area contributed by atoms with Gasteiger partial charge in [0.25, 0.3) is 5.91 Å². The zero-order valence-electron chi connectivity index (χ0n) is 14.7. The Morgan fingerprint density at radius 3 is 2.37 bits per heavy atom. The zero-order valence-corrected chi connectivity index (χ0v) is 14.7. The van der Waals surface area contributed by atoms with E-state index in [9.17, 15) is 4.79 Å². The lowest BCUT2D eigenvalue weighted by Gasteiger charge is -2.02. The van der Waals surface area contributed by atoms with Crippen LogP contribution in [0.25, 0.3) is 5.69 Å². The highest BCUT2D eigenvalue weighted by molar-refractivity contribution is 5.93. The van der Waals surface area contributed by atoms with Crippen LogP contribution < -0.4 is 5.32 Å². The molecule has 0 fully saturated rings. The topological polar surface area (TPSA) is 64.7 Å². The van der Waals surface area contributed by atoms with Crippen molar-refractivity contribution in [3.63, 3.8) is 0 Å². The van der Waals surface area contributed by atoms with Crippen LogP contribution in [-0.4, -0.2) is 25.5 Å². The first-order valence-corrected chi connectivity index (χ1v) is 8.71. The number of rotatable bonds is 6. The van der Waals surface area contributed by atoms with Gasteiger partial charge in [-0.2, -0.15) is 10.2 Å². The molecule has 6 heteroatoms. The fraction of sp³-hybridized carbons (Fsp3) is 0.0952. The van der Waals surface area contributed by atoms with Crippen LogP contribution in [0.3, 0.4) is 0 Å². The van der Waals surface area contributed by atoms with Crippen LogP contribution in [0.4, 0.5) is 0 Å². The maximum absolute atomic E-state index is 12.4. The molecule has 4 aromatic rings. The number of hydrogen-bond donors (Lipinski definition) is 1. The summed E-state index contributed by atoms with van der Waals surface area (Å²) in [5.74, 6) is -0.159. The highest BCUT2D eigenvalue weighted by atomic mass is 16.1. The van der Waals surface area contributed by atoms with Crippen LogP contribution in [-0.2, 0) is 13.1 Å². The maximum Gasteiger partial charge on any atom is 0.254 e. The fourth-order valence-corrected chi connectivity index (χ4v) is 2.80. The van der Waals surface area contributed by atoms with Gasteiger partial charge < -0.3 is 5.32 Å². The Morgan fingerprint density at radius 1 is 0.852 bits per heavy atom. The van der Waals surface area contributed by atoms with Gasteiger partial charge in [0.2, 0.25) is 0 Å². The molecule has 0 aliphatic rings. The number of carbonyl (C=O) groups excluding carboxylic acids is 1. The number of nitrogens with one attached hydrogen (secondary N) is 1. The van der Waals surface area contributed by atoms with Gasteiger partial charge in [-0.25, -0.2) is 4.68 Å². The molecule has 0 spiro atoms. The molecule has 0 aliphatic heterocycles. The predicted octanol–water partition coefficient (Wildman–Crippen LogP) is 3.05. The van der Waals surface area contributed by atoms with Gasteiger partial charge in [0, 0.05) is 24.5 Å². The molecular weight excluding hydrogens is 338 g/mol.